The van der Waals surface area contributed by atoms with Gasteiger partial charge in [0.15, 0.2) is 5.13 Å². The summed E-state index contributed by atoms with van der Waals surface area (Å²) in [7, 11) is 0. The Hall–Kier alpha value is -2.68. The molecule has 4 aromatic rings. The summed E-state index contributed by atoms with van der Waals surface area (Å²) in [4.78, 5) is 17.2. The van der Waals surface area contributed by atoms with E-state index in [1.165, 1.54) is 11.3 Å². The van der Waals surface area contributed by atoms with Crippen LogP contribution in [0.5, 0.6) is 0 Å². The molecule has 0 spiro atoms. The molecule has 0 saturated carbocycles. The Balaban J connectivity index is 1.54. The second-order valence-corrected chi connectivity index (χ2v) is 7.40. The lowest BCUT2D eigenvalue weighted by atomic mass is 10.2. The molecule has 2 aromatic carbocycles. The minimum Gasteiger partial charge on any atom is -0.396 e. The standard InChI is InChI=1S/C18H16ClN5O2S/c19-10-1-3-11(4-2-10)21-15(7-8-25)17(26)23-18-22-14-6-5-13-12(9-20-24-13)16(14)27-18/h1-6,9,15,21,25H,7-8H2,(H,20,24)(H,22,23,26). The molecule has 4 rings (SSSR count). The number of carbonyl (C=O) groups is 1. The van der Waals surface area contributed by atoms with Gasteiger partial charge in [-0.3, -0.25) is 9.89 Å². The van der Waals surface area contributed by atoms with Gasteiger partial charge in [0.05, 0.1) is 21.9 Å². The van der Waals surface area contributed by atoms with Gasteiger partial charge >= 0.3 is 0 Å². The first-order valence-electron chi connectivity index (χ1n) is 8.30. The van der Waals surface area contributed by atoms with Crippen LogP contribution in [0.3, 0.4) is 0 Å². The van der Waals surface area contributed by atoms with Crippen molar-refractivity contribution in [2.45, 2.75) is 12.5 Å². The van der Waals surface area contributed by atoms with E-state index in [1.54, 1.807) is 30.5 Å². The fraction of sp³-hybridized carbons (Fsp3) is 0.167. The fourth-order valence-electron chi connectivity index (χ4n) is 2.80. The Kier molecular flexibility index (Phi) is 4.93. The number of aliphatic hydroxyl groups excluding tert-OH is 1. The highest BCUT2D eigenvalue weighted by molar-refractivity contribution is 7.23. The van der Waals surface area contributed by atoms with Crippen molar-refractivity contribution in [3.8, 4) is 0 Å². The van der Waals surface area contributed by atoms with Crippen molar-refractivity contribution < 1.29 is 9.90 Å². The summed E-state index contributed by atoms with van der Waals surface area (Å²) in [6.07, 6.45) is 2.02. The number of rotatable bonds is 6. The molecule has 0 aliphatic carbocycles. The van der Waals surface area contributed by atoms with E-state index < -0.39 is 6.04 Å². The average Bonchev–Trinajstić information content (AvgIpc) is 3.28. The van der Waals surface area contributed by atoms with Crippen LogP contribution in [0.15, 0.2) is 42.6 Å². The van der Waals surface area contributed by atoms with Crippen molar-refractivity contribution in [1.29, 1.82) is 0 Å². The van der Waals surface area contributed by atoms with E-state index in [2.05, 4.69) is 25.8 Å². The lowest BCUT2D eigenvalue weighted by molar-refractivity contribution is -0.117. The number of carbonyl (C=O) groups excluding carboxylic acids is 1. The highest BCUT2D eigenvalue weighted by Crippen LogP contribution is 2.32. The molecule has 138 valence electrons. The Morgan fingerprint density at radius 1 is 1.26 bits per heavy atom. The Morgan fingerprint density at radius 3 is 2.85 bits per heavy atom. The number of anilines is 2. The van der Waals surface area contributed by atoms with Crippen LogP contribution >= 0.6 is 22.9 Å². The summed E-state index contributed by atoms with van der Waals surface area (Å²) in [5.74, 6) is -0.263. The zero-order valence-electron chi connectivity index (χ0n) is 14.1. The Morgan fingerprint density at radius 2 is 2.07 bits per heavy atom. The predicted molar refractivity (Wildman–Crippen MR) is 108 cm³/mol. The number of aliphatic hydroxyl groups is 1. The predicted octanol–water partition coefficient (Wildman–Crippen LogP) is 3.63. The van der Waals surface area contributed by atoms with E-state index in [-0.39, 0.29) is 18.9 Å². The lowest BCUT2D eigenvalue weighted by Crippen LogP contribution is -2.35. The Labute approximate surface area is 163 Å². The number of nitrogens with zero attached hydrogens (tertiary/aromatic N) is 2. The molecule has 2 heterocycles. The molecule has 1 amide bonds. The molecule has 4 N–H and O–H groups in total. The Bertz CT molecular complexity index is 1090. The van der Waals surface area contributed by atoms with Crippen LogP contribution in [0.2, 0.25) is 5.02 Å². The summed E-state index contributed by atoms with van der Waals surface area (Å²) in [6, 6.07) is 10.2. The zero-order valence-corrected chi connectivity index (χ0v) is 15.6. The maximum absolute atomic E-state index is 12.7. The quantitative estimate of drug-likeness (QED) is 0.395. The van der Waals surface area contributed by atoms with Crippen LogP contribution in [0.25, 0.3) is 21.1 Å². The molecule has 27 heavy (non-hydrogen) atoms. The van der Waals surface area contributed by atoms with Gasteiger partial charge in [-0.25, -0.2) is 4.98 Å². The van der Waals surface area contributed by atoms with Crippen molar-refractivity contribution in [3.05, 3.63) is 47.6 Å². The third-order valence-corrected chi connectivity index (χ3v) is 5.40. The minimum absolute atomic E-state index is 0.117. The van der Waals surface area contributed by atoms with Crippen molar-refractivity contribution in [2.24, 2.45) is 0 Å². The van der Waals surface area contributed by atoms with E-state index in [0.717, 1.165) is 26.8 Å². The number of hydrogen-bond acceptors (Lipinski definition) is 6. The summed E-state index contributed by atoms with van der Waals surface area (Å²) < 4.78 is 0.959. The third-order valence-electron chi connectivity index (χ3n) is 4.12. The number of hydrogen-bond donors (Lipinski definition) is 4. The van der Waals surface area contributed by atoms with Crippen molar-refractivity contribution in [3.63, 3.8) is 0 Å². The summed E-state index contributed by atoms with van der Waals surface area (Å²) in [5.41, 5.74) is 2.47. The van der Waals surface area contributed by atoms with Gasteiger partial charge in [-0.05, 0) is 42.8 Å². The number of fused-ring (bicyclic) bond motifs is 3. The number of thiazole rings is 1. The molecule has 2 aromatic heterocycles. The van der Waals surface area contributed by atoms with Gasteiger partial charge in [0, 0.05) is 22.7 Å². The number of nitrogens with one attached hydrogen (secondary N) is 3. The summed E-state index contributed by atoms with van der Waals surface area (Å²) in [6.45, 7) is -0.117. The lowest BCUT2D eigenvalue weighted by Gasteiger charge is -2.18. The molecular weight excluding hydrogens is 386 g/mol. The molecule has 0 fully saturated rings. The topological polar surface area (TPSA) is 103 Å². The molecule has 9 heteroatoms. The average molecular weight is 402 g/mol. The van der Waals surface area contributed by atoms with E-state index in [4.69, 9.17) is 11.6 Å². The molecule has 1 atom stereocenters. The number of aromatic amines is 1. The van der Waals surface area contributed by atoms with Gasteiger partial charge in [-0.2, -0.15) is 5.10 Å². The van der Waals surface area contributed by atoms with Gasteiger partial charge in [0.2, 0.25) is 5.91 Å². The van der Waals surface area contributed by atoms with Crippen LogP contribution in [0.1, 0.15) is 6.42 Å². The molecule has 0 saturated heterocycles. The number of benzene rings is 2. The van der Waals surface area contributed by atoms with Crippen LogP contribution in [0, 0.1) is 0 Å². The summed E-state index contributed by atoms with van der Waals surface area (Å²) in [5, 5.41) is 24.3. The molecular formula is C18H16ClN5O2S. The van der Waals surface area contributed by atoms with Crippen LogP contribution in [-0.2, 0) is 4.79 Å². The number of H-pyrrole nitrogens is 1. The van der Waals surface area contributed by atoms with Gasteiger partial charge in [-0.1, -0.05) is 22.9 Å². The summed E-state index contributed by atoms with van der Waals surface area (Å²) >= 11 is 7.28. The maximum atomic E-state index is 12.7. The normalized spacial score (nSPS) is 12.4. The van der Waals surface area contributed by atoms with Crippen LogP contribution < -0.4 is 10.6 Å². The van der Waals surface area contributed by atoms with Gasteiger partial charge < -0.3 is 15.7 Å². The molecule has 1 unspecified atom stereocenters. The van der Waals surface area contributed by atoms with Crippen LogP contribution in [0.4, 0.5) is 10.8 Å². The number of amides is 1. The SMILES string of the molecule is O=C(Nc1nc2ccc3[nH]ncc3c2s1)C(CCO)Nc1ccc(Cl)cc1. The first-order chi connectivity index (χ1) is 13.1. The smallest absolute Gasteiger partial charge is 0.248 e. The molecule has 0 aliphatic rings. The number of halogens is 1. The second-order valence-electron chi connectivity index (χ2n) is 5.97. The van der Waals surface area contributed by atoms with Gasteiger partial charge in [-0.15, -0.1) is 0 Å². The van der Waals surface area contributed by atoms with Gasteiger partial charge in [0.25, 0.3) is 0 Å². The largest absolute Gasteiger partial charge is 0.396 e. The monoisotopic (exact) mass is 401 g/mol. The van der Waals surface area contributed by atoms with Crippen molar-refractivity contribution in [1.82, 2.24) is 15.2 Å². The van der Waals surface area contributed by atoms with E-state index >= 15 is 0 Å². The third kappa shape index (κ3) is 3.73. The van der Waals surface area contributed by atoms with Crippen LogP contribution in [-0.4, -0.2) is 38.8 Å². The zero-order chi connectivity index (χ0) is 18.8. The first-order valence-corrected chi connectivity index (χ1v) is 9.50. The maximum Gasteiger partial charge on any atom is 0.248 e. The first kappa shape index (κ1) is 17.7. The number of aromatic nitrogens is 3. The van der Waals surface area contributed by atoms with E-state index in [0.29, 0.717) is 10.2 Å². The molecule has 0 aliphatic heterocycles. The molecule has 7 nitrogen and oxygen atoms in total. The minimum atomic E-state index is -0.600. The molecule has 0 radical (unpaired) electrons. The van der Waals surface area contributed by atoms with Gasteiger partial charge in [0.1, 0.15) is 6.04 Å². The second kappa shape index (κ2) is 7.51. The van der Waals surface area contributed by atoms with E-state index in [1.807, 2.05) is 12.1 Å². The van der Waals surface area contributed by atoms with E-state index in [9.17, 15) is 9.90 Å². The fourth-order valence-corrected chi connectivity index (χ4v) is 3.90. The van der Waals surface area contributed by atoms with Crippen molar-refractivity contribution in [2.75, 3.05) is 17.2 Å². The highest BCUT2D eigenvalue weighted by Gasteiger charge is 2.20. The molecule has 0 bridgehead atoms. The van der Waals surface area contributed by atoms with Crippen molar-refractivity contribution >= 4 is 60.8 Å². The highest BCUT2D eigenvalue weighted by atomic mass is 35.5.